The van der Waals surface area contributed by atoms with Crippen molar-refractivity contribution >= 4 is 29.4 Å². The molecular weight excluding hydrogens is 360 g/mol. The van der Waals surface area contributed by atoms with Gasteiger partial charge in [0.15, 0.2) is 5.60 Å². The fourth-order valence-corrected chi connectivity index (χ4v) is 2.89. The van der Waals surface area contributed by atoms with Crippen LogP contribution in [-0.4, -0.2) is 54.5 Å². The number of methoxy groups -OCH3 is 1. The first-order valence-corrected chi connectivity index (χ1v) is 8.72. The van der Waals surface area contributed by atoms with Crippen molar-refractivity contribution in [3.63, 3.8) is 0 Å². The van der Waals surface area contributed by atoms with Gasteiger partial charge in [0.1, 0.15) is 11.8 Å². The summed E-state index contributed by atoms with van der Waals surface area (Å²) in [7, 11) is 1.29. The van der Waals surface area contributed by atoms with Crippen molar-refractivity contribution in [2.45, 2.75) is 38.3 Å². The predicted octanol–water partition coefficient (Wildman–Crippen LogP) is 1.78. The third kappa shape index (κ3) is 4.88. The van der Waals surface area contributed by atoms with Crippen LogP contribution in [0.1, 0.15) is 26.7 Å². The molecule has 1 fully saturated rings. The fourth-order valence-electron chi connectivity index (χ4n) is 2.76. The van der Waals surface area contributed by atoms with Gasteiger partial charge in [0, 0.05) is 11.6 Å². The number of nitrogens with one attached hydrogen (secondary N) is 1. The highest BCUT2D eigenvalue weighted by atomic mass is 35.5. The summed E-state index contributed by atoms with van der Waals surface area (Å²) in [5.74, 6) is -0.706. The predicted molar refractivity (Wildman–Crippen MR) is 95.9 cm³/mol. The Morgan fingerprint density at radius 3 is 2.54 bits per heavy atom. The molecule has 1 aliphatic rings. The lowest BCUT2D eigenvalue weighted by Crippen LogP contribution is -2.51. The third-order valence-electron chi connectivity index (χ3n) is 4.18. The summed E-state index contributed by atoms with van der Waals surface area (Å²) in [6.07, 6.45) is 1.29. The van der Waals surface area contributed by atoms with Gasteiger partial charge in [-0.1, -0.05) is 11.6 Å². The number of nitrogens with zero attached hydrogens (tertiary/aromatic N) is 1. The van der Waals surface area contributed by atoms with E-state index in [-0.39, 0.29) is 12.5 Å². The second-order valence-electron chi connectivity index (χ2n) is 6.52. The molecule has 26 heavy (non-hydrogen) atoms. The van der Waals surface area contributed by atoms with E-state index >= 15 is 0 Å². The minimum absolute atomic E-state index is 0.209. The highest BCUT2D eigenvalue weighted by Gasteiger charge is 2.36. The van der Waals surface area contributed by atoms with E-state index in [9.17, 15) is 14.4 Å². The van der Waals surface area contributed by atoms with Gasteiger partial charge in [-0.15, -0.1) is 0 Å². The molecule has 1 aromatic rings. The van der Waals surface area contributed by atoms with Crippen molar-refractivity contribution in [3.8, 4) is 5.75 Å². The zero-order valence-corrected chi connectivity index (χ0v) is 15.8. The zero-order valence-electron chi connectivity index (χ0n) is 15.1. The standard InChI is InChI=1S/C18H23ClN2O5/c1-18(2,26-13-8-6-12(19)7-9-13)17(24)20-11-15(22)21-10-4-5-14(21)16(23)25-3/h6-9,14H,4-5,10-11H2,1-3H3,(H,20,24)/t14-/m0/s1. The molecule has 2 rings (SSSR count). The van der Waals surface area contributed by atoms with Gasteiger partial charge in [-0.3, -0.25) is 9.59 Å². The average molecular weight is 383 g/mol. The Hall–Kier alpha value is -2.28. The number of esters is 1. The Labute approximate surface area is 157 Å². The molecule has 0 unspecified atom stereocenters. The zero-order chi connectivity index (χ0) is 19.3. The molecule has 0 bridgehead atoms. The quantitative estimate of drug-likeness (QED) is 0.758. The molecule has 1 heterocycles. The lowest BCUT2D eigenvalue weighted by Gasteiger charge is -2.27. The molecule has 0 saturated carbocycles. The van der Waals surface area contributed by atoms with Gasteiger partial charge in [0.2, 0.25) is 5.91 Å². The first-order chi connectivity index (χ1) is 12.2. The number of halogens is 1. The van der Waals surface area contributed by atoms with Gasteiger partial charge < -0.3 is 19.7 Å². The van der Waals surface area contributed by atoms with E-state index < -0.39 is 23.5 Å². The van der Waals surface area contributed by atoms with E-state index in [2.05, 4.69) is 5.32 Å². The van der Waals surface area contributed by atoms with Gasteiger partial charge >= 0.3 is 5.97 Å². The Morgan fingerprint density at radius 1 is 1.27 bits per heavy atom. The van der Waals surface area contributed by atoms with Crippen LogP contribution in [-0.2, 0) is 19.1 Å². The first kappa shape index (κ1) is 20.0. The lowest BCUT2D eigenvalue weighted by atomic mass is 10.1. The number of carbonyl (C=O) groups is 3. The summed E-state index contributed by atoms with van der Waals surface area (Å²) in [5, 5.41) is 3.14. The van der Waals surface area contributed by atoms with Crippen LogP contribution in [0.4, 0.5) is 0 Å². The molecule has 1 N–H and O–H groups in total. The molecule has 0 aromatic heterocycles. The first-order valence-electron chi connectivity index (χ1n) is 8.35. The SMILES string of the molecule is COC(=O)[C@@H]1CCCN1C(=O)CNC(=O)C(C)(C)Oc1ccc(Cl)cc1. The molecule has 1 saturated heterocycles. The van der Waals surface area contributed by atoms with Crippen LogP contribution in [0.3, 0.4) is 0 Å². The van der Waals surface area contributed by atoms with Crippen molar-refractivity contribution in [1.29, 1.82) is 0 Å². The average Bonchev–Trinajstić information content (AvgIpc) is 3.10. The van der Waals surface area contributed by atoms with Crippen LogP contribution in [0, 0.1) is 0 Å². The van der Waals surface area contributed by atoms with E-state index in [0.29, 0.717) is 23.7 Å². The fraction of sp³-hybridized carbons (Fsp3) is 0.500. The van der Waals surface area contributed by atoms with E-state index in [0.717, 1.165) is 6.42 Å². The molecule has 1 atom stereocenters. The maximum Gasteiger partial charge on any atom is 0.328 e. The summed E-state index contributed by atoms with van der Waals surface area (Å²) in [4.78, 5) is 37.9. The number of amides is 2. The number of hydrogen-bond acceptors (Lipinski definition) is 5. The van der Waals surface area contributed by atoms with Crippen molar-refractivity contribution in [3.05, 3.63) is 29.3 Å². The van der Waals surface area contributed by atoms with Crippen molar-refractivity contribution < 1.29 is 23.9 Å². The van der Waals surface area contributed by atoms with Gasteiger partial charge in [0.25, 0.3) is 5.91 Å². The molecule has 0 radical (unpaired) electrons. The second kappa shape index (κ2) is 8.40. The van der Waals surface area contributed by atoms with E-state index in [1.807, 2.05) is 0 Å². The van der Waals surface area contributed by atoms with Gasteiger partial charge in [-0.2, -0.15) is 0 Å². The van der Waals surface area contributed by atoms with Gasteiger partial charge in [-0.25, -0.2) is 4.79 Å². The summed E-state index contributed by atoms with van der Waals surface area (Å²) in [5.41, 5.74) is -1.18. The number of rotatable bonds is 6. The van der Waals surface area contributed by atoms with Gasteiger partial charge in [0.05, 0.1) is 13.7 Å². The van der Waals surface area contributed by atoms with E-state index in [1.165, 1.54) is 12.0 Å². The number of ether oxygens (including phenoxy) is 2. The minimum atomic E-state index is -1.18. The molecule has 142 valence electrons. The lowest BCUT2D eigenvalue weighted by molar-refractivity contribution is -0.151. The van der Waals surface area contributed by atoms with Crippen molar-refractivity contribution in [2.24, 2.45) is 0 Å². The van der Waals surface area contributed by atoms with Crippen LogP contribution in [0.5, 0.6) is 5.75 Å². The topological polar surface area (TPSA) is 84.9 Å². The molecule has 2 amide bonds. The van der Waals surface area contributed by atoms with E-state index in [4.69, 9.17) is 21.1 Å². The van der Waals surface area contributed by atoms with Crippen LogP contribution < -0.4 is 10.1 Å². The number of likely N-dealkylation sites (tertiary alicyclic amines) is 1. The van der Waals surface area contributed by atoms with Crippen LogP contribution in [0.15, 0.2) is 24.3 Å². The summed E-state index contributed by atoms with van der Waals surface area (Å²) < 4.78 is 10.4. The Kier molecular flexibility index (Phi) is 6.47. The Balaban J connectivity index is 1.91. The highest BCUT2D eigenvalue weighted by molar-refractivity contribution is 6.30. The van der Waals surface area contributed by atoms with Crippen LogP contribution in [0.25, 0.3) is 0 Å². The normalized spacial score (nSPS) is 16.9. The van der Waals surface area contributed by atoms with Gasteiger partial charge in [-0.05, 0) is 51.0 Å². The second-order valence-corrected chi connectivity index (χ2v) is 6.95. The molecule has 1 aliphatic heterocycles. The minimum Gasteiger partial charge on any atom is -0.478 e. The molecule has 0 aliphatic carbocycles. The summed E-state index contributed by atoms with van der Waals surface area (Å²) in [6.45, 7) is 3.47. The molecule has 1 aromatic carbocycles. The maximum absolute atomic E-state index is 12.4. The third-order valence-corrected chi connectivity index (χ3v) is 4.43. The number of hydrogen-bond donors (Lipinski definition) is 1. The molecule has 8 heteroatoms. The summed E-state index contributed by atoms with van der Waals surface area (Å²) in [6, 6.07) is 6.06. The monoisotopic (exact) mass is 382 g/mol. The number of benzene rings is 1. The summed E-state index contributed by atoms with van der Waals surface area (Å²) >= 11 is 5.83. The Morgan fingerprint density at radius 2 is 1.92 bits per heavy atom. The van der Waals surface area contributed by atoms with Crippen LogP contribution in [0.2, 0.25) is 5.02 Å². The van der Waals surface area contributed by atoms with Crippen molar-refractivity contribution in [1.82, 2.24) is 10.2 Å². The maximum atomic E-state index is 12.4. The largest absolute Gasteiger partial charge is 0.478 e. The van der Waals surface area contributed by atoms with Crippen LogP contribution >= 0.6 is 11.6 Å². The number of carbonyl (C=O) groups excluding carboxylic acids is 3. The van der Waals surface area contributed by atoms with Crippen molar-refractivity contribution in [2.75, 3.05) is 20.2 Å². The smallest absolute Gasteiger partial charge is 0.328 e. The molecule has 7 nitrogen and oxygen atoms in total. The molecule has 0 spiro atoms. The molecular formula is C18H23ClN2O5. The van der Waals surface area contributed by atoms with E-state index in [1.54, 1.807) is 38.1 Å². The highest BCUT2D eigenvalue weighted by Crippen LogP contribution is 2.21. The Bertz CT molecular complexity index is 675.